The number of aliphatic carboxylic acids is 1. The highest BCUT2D eigenvalue weighted by atomic mass is 31.1. The van der Waals surface area contributed by atoms with E-state index in [0.717, 1.165) is 6.08 Å². The van der Waals surface area contributed by atoms with E-state index >= 15 is 0 Å². The van der Waals surface area contributed by atoms with Crippen molar-refractivity contribution < 1.29 is 33.9 Å². The van der Waals surface area contributed by atoms with Gasteiger partial charge in [-0.15, -0.1) is 0 Å². The van der Waals surface area contributed by atoms with Crippen LogP contribution in [0, 0.1) is 0 Å². The van der Waals surface area contributed by atoms with Crippen LogP contribution in [0.3, 0.4) is 0 Å². The molecule has 21 heavy (non-hydrogen) atoms. The first-order valence-electron chi connectivity index (χ1n) is 6.42. The maximum Gasteiger partial charge on any atom is 0.331 e. The van der Waals surface area contributed by atoms with Gasteiger partial charge in [-0.1, -0.05) is 0 Å². The first kappa shape index (κ1) is 19.7. The number of carboxylic acids is 1. The number of rotatable bonds is 9. The molecule has 0 aliphatic carbocycles. The number of nitrogens with zero attached hydrogens (tertiary/aromatic N) is 1. The summed E-state index contributed by atoms with van der Waals surface area (Å²) in [5.41, 5.74) is 0. The summed E-state index contributed by atoms with van der Waals surface area (Å²) in [5, 5.41) is 19.6. The summed E-state index contributed by atoms with van der Waals surface area (Å²) >= 11 is 0. The lowest BCUT2D eigenvalue weighted by Crippen LogP contribution is -2.37. The molecule has 0 aromatic rings. The predicted octanol–water partition coefficient (Wildman–Crippen LogP) is -2.15. The number of esters is 1. The molecule has 0 aliphatic rings. The standard InChI is InChI=1S/C13H22NO6P/c1-14(2,3)7-9-21(19)11(6-8-15)10-20-13(18)5-4-12(16)17/h4-5,15H,6-10H2,1-3H3/b5-4-. The summed E-state index contributed by atoms with van der Waals surface area (Å²) < 4.78 is 5.46. The number of carboxylic acid groups (broad SMARTS) is 1. The molecule has 7 nitrogen and oxygen atoms in total. The van der Waals surface area contributed by atoms with Crippen LogP contribution in [0.1, 0.15) is 6.42 Å². The highest BCUT2D eigenvalue weighted by Gasteiger charge is 2.16. The molecule has 1 atom stereocenters. The van der Waals surface area contributed by atoms with Crippen LogP contribution in [-0.2, 0) is 14.3 Å². The molecule has 120 valence electrons. The van der Waals surface area contributed by atoms with Crippen molar-refractivity contribution in [3.63, 3.8) is 0 Å². The third-order valence-electron chi connectivity index (χ3n) is 2.46. The summed E-state index contributed by atoms with van der Waals surface area (Å²) in [6.07, 6.45) is 1.90. The molecule has 0 fully saturated rings. The number of quaternary nitrogens is 1. The summed E-state index contributed by atoms with van der Waals surface area (Å²) in [7, 11) is 4.21. The van der Waals surface area contributed by atoms with E-state index in [-0.39, 0.29) is 19.6 Å². The Hall–Kier alpha value is -1.27. The lowest BCUT2D eigenvalue weighted by molar-refractivity contribution is -0.867. The number of carbonyl (C=O) groups is 2. The molecule has 0 heterocycles. The molecule has 0 aromatic heterocycles. The van der Waals surface area contributed by atoms with Crippen molar-refractivity contribution in [1.82, 2.24) is 0 Å². The van der Waals surface area contributed by atoms with E-state index in [9.17, 15) is 19.6 Å². The molecule has 1 N–H and O–H groups in total. The smallest absolute Gasteiger partial charge is 0.331 e. The molecular weight excluding hydrogens is 297 g/mol. The fourth-order valence-corrected chi connectivity index (χ4v) is 2.94. The van der Waals surface area contributed by atoms with Gasteiger partial charge in [0.1, 0.15) is 11.8 Å². The topological polar surface area (TPSA) is 110 Å². The van der Waals surface area contributed by atoms with E-state index in [1.54, 1.807) is 0 Å². The first-order valence-corrected chi connectivity index (χ1v) is 7.86. The van der Waals surface area contributed by atoms with Crippen molar-refractivity contribution >= 4 is 25.0 Å². The summed E-state index contributed by atoms with van der Waals surface area (Å²) in [6.45, 7) is 0.305. The van der Waals surface area contributed by atoms with Crippen LogP contribution < -0.4 is 10.00 Å². The van der Waals surface area contributed by atoms with Gasteiger partial charge in [0.2, 0.25) is 0 Å². The van der Waals surface area contributed by atoms with E-state index in [2.05, 4.69) is 0 Å². The molecule has 0 aromatic carbocycles. The molecule has 8 heteroatoms. The molecule has 0 amide bonds. The Bertz CT molecular complexity index is 425. The Balaban J connectivity index is 4.60. The molecular formula is C13H22NO6P. The van der Waals surface area contributed by atoms with Crippen molar-refractivity contribution in [2.45, 2.75) is 6.42 Å². The fourth-order valence-electron chi connectivity index (χ4n) is 1.29. The van der Waals surface area contributed by atoms with Gasteiger partial charge in [-0.25, -0.2) is 4.79 Å². The van der Waals surface area contributed by atoms with Crippen molar-refractivity contribution in [3.8, 4) is 0 Å². The zero-order valence-electron chi connectivity index (χ0n) is 12.6. The van der Waals surface area contributed by atoms with Crippen LogP contribution in [-0.4, -0.2) is 73.9 Å². The van der Waals surface area contributed by atoms with E-state index in [1.807, 2.05) is 21.1 Å². The number of carbonyl (C=O) groups excluding carboxylic acids is 2. The Morgan fingerprint density at radius 1 is 1.29 bits per heavy atom. The Labute approximate surface area is 125 Å². The normalized spacial score (nSPS) is 13.2. The lowest BCUT2D eigenvalue weighted by Gasteiger charge is -2.22. The Morgan fingerprint density at radius 3 is 2.38 bits per heavy atom. The monoisotopic (exact) mass is 319 g/mol. The zero-order valence-corrected chi connectivity index (χ0v) is 13.5. The molecule has 0 spiro atoms. The van der Waals surface area contributed by atoms with Crippen LogP contribution in [0.5, 0.6) is 0 Å². The van der Waals surface area contributed by atoms with Gasteiger partial charge in [-0.05, 0) is 6.08 Å². The maximum absolute atomic E-state index is 12.1. The maximum atomic E-state index is 12.1. The van der Waals surface area contributed by atoms with Crippen LogP contribution >= 0.6 is 7.77 Å². The van der Waals surface area contributed by atoms with Gasteiger partial charge < -0.3 is 29.1 Å². The van der Waals surface area contributed by atoms with Crippen LogP contribution in [0.4, 0.5) is 0 Å². The molecule has 0 bridgehead atoms. The Kier molecular flexibility index (Phi) is 9.05. The zero-order chi connectivity index (χ0) is 16.5. The van der Waals surface area contributed by atoms with Gasteiger partial charge >= 0.3 is 5.97 Å². The van der Waals surface area contributed by atoms with Crippen LogP contribution in [0.2, 0.25) is 0 Å². The van der Waals surface area contributed by atoms with Gasteiger partial charge in [-0.2, -0.15) is 0 Å². The number of aliphatic hydroxyl groups is 1. The molecule has 0 saturated carbocycles. The first-order chi connectivity index (χ1) is 9.65. The van der Waals surface area contributed by atoms with Gasteiger partial charge in [-0.3, -0.25) is 0 Å². The molecule has 0 aliphatic heterocycles. The molecule has 0 radical (unpaired) electrons. The summed E-state index contributed by atoms with van der Waals surface area (Å²) in [4.78, 5) is 33.5. The Morgan fingerprint density at radius 2 is 1.90 bits per heavy atom. The van der Waals surface area contributed by atoms with Crippen molar-refractivity contribution in [1.29, 1.82) is 0 Å². The van der Waals surface area contributed by atoms with E-state index in [1.165, 1.54) is 0 Å². The second kappa shape index (κ2) is 9.63. The third kappa shape index (κ3) is 11.1. The SMILES string of the molecule is C[N+](C)(C)CC[P+]([O-])=C(CCO)COC(=O)/C=C\C(=O)[O-]. The van der Waals surface area contributed by atoms with E-state index < -0.39 is 19.7 Å². The van der Waals surface area contributed by atoms with Crippen molar-refractivity contribution in [2.24, 2.45) is 0 Å². The van der Waals surface area contributed by atoms with Gasteiger partial charge in [0.15, 0.2) is 12.8 Å². The summed E-state index contributed by atoms with van der Waals surface area (Å²) in [5.74, 6) is -2.36. The molecule has 0 saturated heterocycles. The fraction of sp³-hybridized carbons (Fsp3) is 0.615. The molecule has 1 unspecified atom stereocenters. The van der Waals surface area contributed by atoms with Crippen molar-refractivity contribution in [2.75, 3.05) is 47.1 Å². The highest BCUT2D eigenvalue weighted by molar-refractivity contribution is 7.51. The van der Waals surface area contributed by atoms with E-state index in [0.29, 0.717) is 28.6 Å². The average molecular weight is 319 g/mol. The number of hydrogen-bond acceptors (Lipinski definition) is 6. The minimum absolute atomic E-state index is 0.184. The average Bonchev–Trinajstić information content (AvgIpc) is 2.37. The second-order valence-corrected chi connectivity index (χ2v) is 7.25. The number of ether oxygens (including phenoxy) is 1. The lowest BCUT2D eigenvalue weighted by atomic mass is 10.3. The largest absolute Gasteiger partial charge is 0.630 e. The number of aliphatic hydroxyl groups excluding tert-OH is 1. The van der Waals surface area contributed by atoms with Gasteiger partial charge in [0, 0.05) is 12.5 Å². The van der Waals surface area contributed by atoms with E-state index in [4.69, 9.17) is 9.84 Å². The second-order valence-electron chi connectivity index (χ2n) is 5.42. The predicted molar refractivity (Wildman–Crippen MR) is 76.5 cm³/mol. The highest BCUT2D eigenvalue weighted by Crippen LogP contribution is 2.17. The van der Waals surface area contributed by atoms with Gasteiger partial charge in [0.05, 0.1) is 41.5 Å². The van der Waals surface area contributed by atoms with Crippen LogP contribution in [0.15, 0.2) is 12.2 Å². The van der Waals surface area contributed by atoms with Gasteiger partial charge in [0.25, 0.3) is 0 Å². The van der Waals surface area contributed by atoms with Crippen molar-refractivity contribution in [3.05, 3.63) is 12.2 Å². The minimum atomic E-state index is -1.71. The minimum Gasteiger partial charge on any atom is -0.630 e. The number of hydrogen-bond donors (Lipinski definition) is 1. The van der Waals surface area contributed by atoms with Crippen LogP contribution in [0.25, 0.3) is 0 Å². The third-order valence-corrected chi connectivity index (χ3v) is 4.13. The molecule has 0 rings (SSSR count). The quantitative estimate of drug-likeness (QED) is 0.225. The summed E-state index contributed by atoms with van der Waals surface area (Å²) in [6, 6.07) is 0.